The number of benzene rings is 2. The highest BCUT2D eigenvalue weighted by Gasteiger charge is 2.31. The molecule has 0 aromatic heterocycles. The first kappa shape index (κ1) is 23.1. The standard InChI is InChI=1S/C22H24Cl2FN3O4/c23-15-1-4-20-14(9-15)10-21(32-20)22(30)26-28-7-5-27(6-8-28)12-16(29)13-31-17-2-3-18(24)19(25)11-17/h1-4,9,11,16,21,29H,5-8,10,12-13H2,(H,26,30). The Morgan fingerprint density at radius 3 is 2.75 bits per heavy atom. The minimum atomic E-state index is -0.730. The molecule has 2 aliphatic heterocycles. The summed E-state index contributed by atoms with van der Waals surface area (Å²) < 4.78 is 24.6. The number of hydrogen-bond acceptors (Lipinski definition) is 6. The average molecular weight is 484 g/mol. The normalized spacial score (nSPS) is 19.8. The molecule has 1 amide bonds. The van der Waals surface area contributed by atoms with Crippen LogP contribution >= 0.6 is 23.2 Å². The second kappa shape index (κ2) is 10.2. The number of nitrogens with one attached hydrogen (secondary N) is 1. The number of rotatable bonds is 7. The van der Waals surface area contributed by atoms with Gasteiger partial charge in [-0.3, -0.25) is 15.1 Å². The summed E-state index contributed by atoms with van der Waals surface area (Å²) in [5.41, 5.74) is 3.85. The Hall–Kier alpha value is -2.10. The fourth-order valence-electron chi connectivity index (χ4n) is 3.74. The number of halogens is 3. The fraction of sp³-hybridized carbons (Fsp3) is 0.409. The Labute approximate surface area is 195 Å². The number of aliphatic hydroxyl groups is 1. The number of hydrogen-bond donors (Lipinski definition) is 2. The van der Waals surface area contributed by atoms with E-state index in [-0.39, 0.29) is 17.5 Å². The number of ether oxygens (including phenoxy) is 2. The maximum atomic E-state index is 13.5. The maximum absolute atomic E-state index is 13.5. The van der Waals surface area contributed by atoms with Gasteiger partial charge in [-0.05, 0) is 35.9 Å². The van der Waals surface area contributed by atoms with E-state index in [4.69, 9.17) is 32.7 Å². The highest BCUT2D eigenvalue weighted by atomic mass is 35.5. The monoisotopic (exact) mass is 483 g/mol. The lowest BCUT2D eigenvalue weighted by molar-refractivity contribution is -0.133. The van der Waals surface area contributed by atoms with E-state index >= 15 is 0 Å². The molecule has 2 aromatic rings. The van der Waals surface area contributed by atoms with Gasteiger partial charge in [0, 0.05) is 50.2 Å². The van der Waals surface area contributed by atoms with Crippen molar-refractivity contribution in [3.8, 4) is 11.5 Å². The van der Waals surface area contributed by atoms with Crippen molar-refractivity contribution in [2.45, 2.75) is 18.6 Å². The van der Waals surface area contributed by atoms with Crippen molar-refractivity contribution in [2.24, 2.45) is 0 Å². The molecule has 32 heavy (non-hydrogen) atoms. The summed E-state index contributed by atoms with van der Waals surface area (Å²) >= 11 is 11.7. The van der Waals surface area contributed by atoms with Gasteiger partial charge >= 0.3 is 0 Å². The summed E-state index contributed by atoms with van der Waals surface area (Å²) in [6.07, 6.45) is -0.809. The molecule has 0 radical (unpaired) electrons. The van der Waals surface area contributed by atoms with E-state index in [1.807, 2.05) is 11.1 Å². The van der Waals surface area contributed by atoms with E-state index in [0.717, 1.165) is 5.56 Å². The van der Waals surface area contributed by atoms with E-state index in [2.05, 4.69) is 10.3 Å². The van der Waals surface area contributed by atoms with Crippen LogP contribution in [0.5, 0.6) is 11.5 Å². The van der Waals surface area contributed by atoms with Crippen molar-refractivity contribution in [3.63, 3.8) is 0 Å². The Morgan fingerprint density at radius 1 is 1.22 bits per heavy atom. The van der Waals surface area contributed by atoms with Crippen molar-refractivity contribution in [1.29, 1.82) is 0 Å². The highest BCUT2D eigenvalue weighted by molar-refractivity contribution is 6.31. The first-order valence-electron chi connectivity index (χ1n) is 10.4. The number of fused-ring (bicyclic) bond motifs is 1. The molecule has 0 aliphatic carbocycles. The molecule has 4 rings (SSSR count). The van der Waals surface area contributed by atoms with E-state index in [1.54, 1.807) is 18.2 Å². The number of piperazine rings is 1. The Kier molecular flexibility index (Phi) is 7.37. The van der Waals surface area contributed by atoms with Crippen LogP contribution in [0.25, 0.3) is 0 Å². The van der Waals surface area contributed by atoms with Crippen LogP contribution in [-0.2, 0) is 11.2 Å². The van der Waals surface area contributed by atoms with Crippen LogP contribution in [0.1, 0.15) is 5.56 Å². The zero-order valence-corrected chi connectivity index (χ0v) is 18.8. The third-order valence-electron chi connectivity index (χ3n) is 5.43. The van der Waals surface area contributed by atoms with Crippen molar-refractivity contribution in [1.82, 2.24) is 15.3 Å². The Morgan fingerprint density at radius 2 is 2.00 bits per heavy atom. The lowest BCUT2D eigenvalue weighted by Gasteiger charge is -2.35. The van der Waals surface area contributed by atoms with Crippen LogP contribution in [0.15, 0.2) is 36.4 Å². The van der Waals surface area contributed by atoms with Gasteiger partial charge in [0.15, 0.2) is 6.10 Å². The molecule has 2 N–H and O–H groups in total. The first-order chi connectivity index (χ1) is 15.4. The van der Waals surface area contributed by atoms with E-state index in [1.165, 1.54) is 12.1 Å². The van der Waals surface area contributed by atoms with Gasteiger partial charge in [-0.1, -0.05) is 23.2 Å². The third kappa shape index (κ3) is 5.82. The molecule has 2 heterocycles. The quantitative estimate of drug-likeness (QED) is 0.630. The molecule has 1 saturated heterocycles. The summed E-state index contributed by atoms with van der Waals surface area (Å²) in [5.74, 6) is 0.260. The van der Waals surface area contributed by atoms with Crippen LogP contribution in [0.3, 0.4) is 0 Å². The number of carbonyl (C=O) groups excluding carboxylic acids is 1. The minimum absolute atomic E-state index is 0.0243. The number of β-amino-alcohol motifs (C(OH)–C–C–N with tert-alkyl or cyclic N) is 1. The highest BCUT2D eigenvalue weighted by Crippen LogP contribution is 2.31. The maximum Gasteiger partial charge on any atom is 0.275 e. The van der Waals surface area contributed by atoms with Crippen LogP contribution in [0.2, 0.25) is 10.0 Å². The lowest BCUT2D eigenvalue weighted by Crippen LogP contribution is -2.56. The van der Waals surface area contributed by atoms with E-state index in [0.29, 0.717) is 55.7 Å². The van der Waals surface area contributed by atoms with Gasteiger partial charge in [-0.15, -0.1) is 0 Å². The molecule has 2 aliphatic rings. The van der Waals surface area contributed by atoms with Crippen LogP contribution in [-0.4, -0.2) is 72.5 Å². The number of aliphatic hydroxyl groups excluding tert-OH is 1. The largest absolute Gasteiger partial charge is 0.491 e. The smallest absolute Gasteiger partial charge is 0.275 e. The van der Waals surface area contributed by atoms with Gasteiger partial charge in [-0.2, -0.15) is 0 Å². The zero-order valence-electron chi connectivity index (χ0n) is 17.3. The van der Waals surface area contributed by atoms with Gasteiger partial charge in [0.2, 0.25) is 0 Å². The summed E-state index contributed by atoms with van der Waals surface area (Å²) in [5, 5.41) is 12.8. The van der Waals surface area contributed by atoms with Crippen LogP contribution in [0.4, 0.5) is 4.39 Å². The van der Waals surface area contributed by atoms with Gasteiger partial charge in [0.05, 0.1) is 5.02 Å². The van der Waals surface area contributed by atoms with Crippen molar-refractivity contribution in [2.75, 3.05) is 39.3 Å². The molecule has 0 saturated carbocycles. The molecular weight excluding hydrogens is 460 g/mol. The van der Waals surface area contributed by atoms with Crippen molar-refractivity contribution < 1.29 is 23.8 Å². The fourth-order valence-corrected chi connectivity index (χ4v) is 4.06. The molecule has 0 spiro atoms. The lowest BCUT2D eigenvalue weighted by atomic mass is 10.1. The summed E-state index contributed by atoms with van der Waals surface area (Å²) in [4.78, 5) is 14.7. The SMILES string of the molecule is O=C(NN1CCN(CC(O)COc2ccc(Cl)c(F)c2)CC1)C1Cc2cc(Cl)ccc2O1. The molecule has 172 valence electrons. The van der Waals surface area contributed by atoms with E-state index < -0.39 is 18.0 Å². The van der Waals surface area contributed by atoms with Crippen LogP contribution in [0, 0.1) is 5.82 Å². The molecule has 2 atom stereocenters. The molecule has 2 aromatic carbocycles. The van der Waals surface area contributed by atoms with Gasteiger partial charge in [0.1, 0.15) is 30.0 Å². The summed E-state index contributed by atoms with van der Waals surface area (Å²) in [6.45, 7) is 3.05. The molecular formula is C22H24Cl2FN3O4. The molecule has 2 unspecified atom stereocenters. The number of hydrazine groups is 1. The predicted molar refractivity (Wildman–Crippen MR) is 119 cm³/mol. The van der Waals surface area contributed by atoms with Gasteiger partial charge in [0.25, 0.3) is 5.91 Å². The first-order valence-corrected chi connectivity index (χ1v) is 11.1. The topological polar surface area (TPSA) is 74.3 Å². The average Bonchev–Trinajstić information content (AvgIpc) is 3.19. The molecule has 0 bridgehead atoms. The Bertz CT molecular complexity index is 972. The van der Waals surface area contributed by atoms with Crippen molar-refractivity contribution >= 4 is 29.1 Å². The molecule has 7 nitrogen and oxygen atoms in total. The van der Waals surface area contributed by atoms with Crippen LogP contribution < -0.4 is 14.9 Å². The summed E-state index contributed by atoms with van der Waals surface area (Å²) in [6, 6.07) is 9.51. The second-order valence-corrected chi connectivity index (χ2v) is 8.71. The molecule has 10 heteroatoms. The van der Waals surface area contributed by atoms with Gasteiger partial charge < -0.3 is 14.6 Å². The Balaban J connectivity index is 1.16. The number of amides is 1. The summed E-state index contributed by atoms with van der Waals surface area (Å²) in [7, 11) is 0. The minimum Gasteiger partial charge on any atom is -0.491 e. The molecule has 1 fully saturated rings. The van der Waals surface area contributed by atoms with E-state index in [9.17, 15) is 14.3 Å². The number of nitrogens with zero attached hydrogens (tertiary/aromatic N) is 2. The van der Waals surface area contributed by atoms with Gasteiger partial charge in [-0.25, -0.2) is 9.40 Å². The second-order valence-electron chi connectivity index (χ2n) is 7.87. The predicted octanol–water partition coefficient (Wildman–Crippen LogP) is 2.52. The van der Waals surface area contributed by atoms with Crippen molar-refractivity contribution in [3.05, 3.63) is 57.8 Å². The third-order valence-corrected chi connectivity index (χ3v) is 5.97. The number of carbonyl (C=O) groups is 1. The zero-order chi connectivity index (χ0) is 22.7.